The first kappa shape index (κ1) is 25.7. The summed E-state index contributed by atoms with van der Waals surface area (Å²) in [5.74, 6) is -0.638. The number of hydrogen-bond acceptors (Lipinski definition) is 4. The third kappa shape index (κ3) is 8.15. The molecule has 2 aliphatic rings. The fourth-order valence-electron chi connectivity index (χ4n) is 1.99. The molecule has 0 aromatic heterocycles. The number of halogens is 3. The van der Waals surface area contributed by atoms with Gasteiger partial charge in [0.2, 0.25) is 0 Å². The van der Waals surface area contributed by atoms with Gasteiger partial charge in [0.1, 0.15) is 0 Å². The molecule has 9 heteroatoms. The predicted molar refractivity (Wildman–Crippen MR) is 97.5 cm³/mol. The maximum absolute atomic E-state index is 12.4. The van der Waals surface area contributed by atoms with Crippen molar-refractivity contribution in [2.45, 2.75) is 5.51 Å². The monoisotopic (exact) mass is 464 g/mol. The van der Waals surface area contributed by atoms with Crippen molar-refractivity contribution >= 4 is 15.9 Å². The van der Waals surface area contributed by atoms with Crippen LogP contribution in [-0.2, 0) is 27.2 Å². The van der Waals surface area contributed by atoms with Crippen LogP contribution in [0.2, 0.25) is 0 Å². The molecular formula is C20H15F3FeO4S. The van der Waals surface area contributed by atoms with Crippen LogP contribution in [0.3, 0.4) is 0 Å². The van der Waals surface area contributed by atoms with Crippen molar-refractivity contribution < 1.29 is 47.6 Å². The third-order valence-corrected chi connectivity index (χ3v) is 4.27. The zero-order valence-electron chi connectivity index (χ0n) is 14.7. The van der Waals surface area contributed by atoms with Crippen molar-refractivity contribution in [1.29, 1.82) is 0 Å². The van der Waals surface area contributed by atoms with E-state index in [2.05, 4.69) is 4.18 Å². The molecule has 0 unspecified atom stereocenters. The topological polar surface area (TPSA) is 60.4 Å². The van der Waals surface area contributed by atoms with Crippen molar-refractivity contribution in [2.75, 3.05) is 0 Å². The minimum atomic E-state index is -5.84. The first-order valence-corrected chi connectivity index (χ1v) is 9.32. The van der Waals surface area contributed by atoms with E-state index < -0.39 is 27.2 Å². The van der Waals surface area contributed by atoms with Crippen LogP contribution < -0.4 is 4.18 Å². The molecule has 2 aliphatic carbocycles. The number of benzene rings is 1. The zero-order valence-corrected chi connectivity index (χ0v) is 16.6. The number of ketones is 1. The summed E-state index contributed by atoms with van der Waals surface area (Å²) in [7, 11) is -5.84. The summed E-state index contributed by atoms with van der Waals surface area (Å²) in [5.41, 5.74) is -5.86. The Morgan fingerprint density at radius 2 is 1.41 bits per heavy atom. The van der Waals surface area contributed by atoms with Crippen molar-refractivity contribution in [1.82, 2.24) is 0 Å². The Labute approximate surface area is 180 Å². The van der Waals surface area contributed by atoms with Gasteiger partial charge >= 0.3 is 15.6 Å². The van der Waals surface area contributed by atoms with Gasteiger partial charge in [-0.05, 0) is 76.0 Å². The Morgan fingerprint density at radius 3 is 1.93 bits per heavy atom. The maximum Gasteiger partial charge on any atom is 0.534 e. The average Bonchev–Trinajstić information content (AvgIpc) is 3.35. The zero-order chi connectivity index (χ0) is 20.6. The summed E-state index contributed by atoms with van der Waals surface area (Å²) in [6.07, 6.45) is 19.5. The van der Waals surface area contributed by atoms with E-state index in [1.54, 1.807) is 25.7 Å². The first-order chi connectivity index (χ1) is 13.2. The molecule has 0 N–H and O–H groups in total. The number of hydrogen-bond donors (Lipinski definition) is 0. The summed E-state index contributed by atoms with van der Waals surface area (Å²) in [4.78, 5) is 12.1. The predicted octanol–water partition coefficient (Wildman–Crippen LogP) is 4.08. The first-order valence-electron chi connectivity index (χ1n) is 7.91. The normalized spacial score (nSPS) is 17.5. The molecule has 0 heterocycles. The van der Waals surface area contributed by atoms with Gasteiger partial charge in [0, 0.05) is 23.0 Å². The van der Waals surface area contributed by atoms with Crippen LogP contribution in [0.15, 0.2) is 36.4 Å². The molecule has 0 spiro atoms. The number of alkyl halides is 3. The molecule has 3 rings (SSSR count). The van der Waals surface area contributed by atoms with Crippen LogP contribution in [0.25, 0.3) is 0 Å². The summed E-state index contributed by atoms with van der Waals surface area (Å²) in [6.45, 7) is 0. The molecule has 1 aromatic rings. The van der Waals surface area contributed by atoms with Crippen LogP contribution >= 0.6 is 0 Å². The van der Waals surface area contributed by atoms with Crippen LogP contribution in [0.5, 0.6) is 5.75 Å². The minimum Gasteiger partial charge on any atom is -0.375 e. The van der Waals surface area contributed by atoms with E-state index in [9.17, 15) is 26.4 Å². The van der Waals surface area contributed by atoms with Gasteiger partial charge in [-0.2, -0.15) is 21.6 Å². The van der Waals surface area contributed by atoms with Crippen molar-refractivity contribution in [3.05, 3.63) is 106 Å². The summed E-state index contributed by atoms with van der Waals surface area (Å²) >= 11 is 0. The molecule has 10 radical (unpaired) electrons. The fraction of sp³-hybridized carbons (Fsp3) is 0.0500. The van der Waals surface area contributed by atoms with Gasteiger partial charge in [0.05, 0.1) is 5.56 Å². The molecule has 2 saturated carbocycles. The Balaban J connectivity index is 0.000000610. The molecule has 1 aromatic carbocycles. The molecule has 0 atom stereocenters. The van der Waals surface area contributed by atoms with Gasteiger partial charge in [0.25, 0.3) is 0 Å². The number of para-hydroxylation sites is 1. The van der Waals surface area contributed by atoms with E-state index in [1.165, 1.54) is 24.3 Å². The average molecular weight is 464 g/mol. The quantitative estimate of drug-likeness (QED) is 0.217. The molecular weight excluding hydrogens is 449 g/mol. The second-order valence-corrected chi connectivity index (χ2v) is 6.90. The van der Waals surface area contributed by atoms with Crippen molar-refractivity contribution in [2.24, 2.45) is 0 Å². The van der Waals surface area contributed by atoms with Crippen LogP contribution in [-0.4, -0.2) is 19.7 Å². The minimum absolute atomic E-state index is 0. The Hall–Kier alpha value is -1.31. The van der Waals surface area contributed by atoms with E-state index in [0.717, 1.165) is 18.1 Å². The molecule has 0 saturated heterocycles. The van der Waals surface area contributed by atoms with Gasteiger partial charge in [-0.15, -0.1) is 0 Å². The summed E-state index contributed by atoms with van der Waals surface area (Å²) in [5, 5.41) is 0. The molecule has 0 aliphatic heterocycles. The third-order valence-electron chi connectivity index (χ3n) is 3.31. The standard InChI is InChI=1S/C15H10F3O4S.C5H5.Fe/c16-15(17,18)23(20,21)22-14-8-4-3-7-12(14)13(19)10-9-11-5-1-2-6-11;1-2-4-5-3-1;/h1-10H;1-5H;/b10-9+;;. The van der Waals surface area contributed by atoms with E-state index in [4.69, 9.17) is 0 Å². The number of carbonyl (C=O) groups is 1. The fourth-order valence-corrected chi connectivity index (χ4v) is 2.47. The Kier molecular flexibility index (Phi) is 10.4. The maximum atomic E-state index is 12.4. The van der Waals surface area contributed by atoms with Crippen molar-refractivity contribution in [3.8, 4) is 5.75 Å². The number of carbonyl (C=O) groups excluding carboxylic acids is 1. The molecule has 0 amide bonds. The smallest absolute Gasteiger partial charge is 0.375 e. The molecule has 0 bridgehead atoms. The van der Waals surface area contributed by atoms with E-state index in [-0.39, 0.29) is 22.6 Å². The molecule has 154 valence electrons. The van der Waals surface area contributed by atoms with Gasteiger partial charge in [-0.25, -0.2) is 0 Å². The second-order valence-electron chi connectivity index (χ2n) is 5.36. The summed E-state index contributed by atoms with van der Waals surface area (Å²) < 4.78 is 63.3. The Morgan fingerprint density at radius 1 is 0.897 bits per heavy atom. The van der Waals surface area contributed by atoms with E-state index in [1.807, 2.05) is 32.1 Å². The number of rotatable bonds is 5. The van der Waals surface area contributed by atoms with Crippen molar-refractivity contribution in [3.63, 3.8) is 0 Å². The SMILES string of the molecule is O=C(/C=C/[C]1[CH][CH][CH][CH]1)c1ccccc1OS(=O)(=O)C(F)(F)F.[CH]1[CH][CH][CH][CH]1.[Fe]. The Bertz CT molecular complexity index is 774. The van der Waals surface area contributed by atoms with Gasteiger partial charge in [-0.1, -0.05) is 18.2 Å². The van der Waals surface area contributed by atoms with Gasteiger partial charge in [-0.3, -0.25) is 4.79 Å². The van der Waals surface area contributed by atoms with Crippen LogP contribution in [0.4, 0.5) is 13.2 Å². The molecule has 2 fully saturated rings. The summed E-state index contributed by atoms with van der Waals surface area (Å²) in [6, 6.07) is 4.81. The van der Waals surface area contributed by atoms with Crippen LogP contribution in [0, 0.1) is 63.7 Å². The second kappa shape index (κ2) is 11.8. The number of allylic oxidation sites excluding steroid dienone is 2. The van der Waals surface area contributed by atoms with E-state index in [0.29, 0.717) is 0 Å². The van der Waals surface area contributed by atoms with Gasteiger partial charge in [0.15, 0.2) is 11.5 Å². The van der Waals surface area contributed by atoms with Gasteiger partial charge < -0.3 is 4.18 Å². The molecule has 4 nitrogen and oxygen atoms in total. The van der Waals surface area contributed by atoms with E-state index >= 15 is 0 Å². The van der Waals surface area contributed by atoms with Crippen LogP contribution in [0.1, 0.15) is 10.4 Å². The largest absolute Gasteiger partial charge is 0.534 e. The molecule has 29 heavy (non-hydrogen) atoms.